The second-order valence-electron chi connectivity index (χ2n) is 4.10. The summed E-state index contributed by atoms with van der Waals surface area (Å²) in [5, 5.41) is 4.27. The summed E-state index contributed by atoms with van der Waals surface area (Å²) in [5.41, 5.74) is 0. The standard InChI is InChI=1S/C11H17ClN2OS/c1-2-5-8(12)10-13-11(15-14-10)9-6-3-4-7-16-9/h8-9H,2-7H2,1H3. The van der Waals surface area contributed by atoms with E-state index in [0.717, 1.165) is 25.2 Å². The van der Waals surface area contributed by atoms with Crippen molar-refractivity contribution in [3.63, 3.8) is 0 Å². The van der Waals surface area contributed by atoms with Crippen LogP contribution in [0.2, 0.25) is 0 Å². The van der Waals surface area contributed by atoms with Crippen molar-refractivity contribution in [3.8, 4) is 0 Å². The number of nitrogens with zero attached hydrogens (tertiary/aromatic N) is 2. The third-order valence-corrected chi connectivity index (χ3v) is 4.51. The van der Waals surface area contributed by atoms with Gasteiger partial charge >= 0.3 is 0 Å². The molecule has 0 bridgehead atoms. The Balaban J connectivity index is 2.00. The maximum absolute atomic E-state index is 6.17. The van der Waals surface area contributed by atoms with E-state index in [1.807, 2.05) is 11.8 Å². The van der Waals surface area contributed by atoms with Crippen molar-refractivity contribution in [2.75, 3.05) is 5.75 Å². The van der Waals surface area contributed by atoms with E-state index >= 15 is 0 Å². The maximum atomic E-state index is 6.17. The van der Waals surface area contributed by atoms with Crippen LogP contribution in [0.15, 0.2) is 4.52 Å². The van der Waals surface area contributed by atoms with Gasteiger partial charge in [0.15, 0.2) is 5.82 Å². The Morgan fingerprint density at radius 3 is 3.12 bits per heavy atom. The van der Waals surface area contributed by atoms with E-state index < -0.39 is 0 Å². The summed E-state index contributed by atoms with van der Waals surface area (Å²) in [6, 6.07) is 0. The Morgan fingerprint density at radius 2 is 2.44 bits per heavy atom. The minimum absolute atomic E-state index is 0.101. The molecule has 3 nitrogen and oxygen atoms in total. The van der Waals surface area contributed by atoms with Crippen molar-refractivity contribution in [1.82, 2.24) is 10.1 Å². The van der Waals surface area contributed by atoms with Gasteiger partial charge < -0.3 is 4.52 Å². The second-order valence-corrected chi connectivity index (χ2v) is 5.94. The van der Waals surface area contributed by atoms with E-state index in [1.54, 1.807) is 0 Å². The number of hydrogen-bond acceptors (Lipinski definition) is 4. The van der Waals surface area contributed by atoms with E-state index in [4.69, 9.17) is 16.1 Å². The van der Waals surface area contributed by atoms with Gasteiger partial charge in [0.2, 0.25) is 5.89 Å². The highest BCUT2D eigenvalue weighted by Crippen LogP contribution is 2.38. The highest BCUT2D eigenvalue weighted by Gasteiger charge is 2.23. The number of aromatic nitrogens is 2. The fourth-order valence-corrected chi connectivity index (χ4v) is 3.36. The molecule has 0 spiro atoms. The topological polar surface area (TPSA) is 38.9 Å². The number of thioether (sulfide) groups is 1. The van der Waals surface area contributed by atoms with Gasteiger partial charge in [-0.1, -0.05) is 24.9 Å². The number of hydrogen-bond donors (Lipinski definition) is 0. The van der Waals surface area contributed by atoms with Crippen LogP contribution in [0.5, 0.6) is 0 Å². The van der Waals surface area contributed by atoms with Crippen LogP contribution >= 0.6 is 23.4 Å². The molecule has 0 radical (unpaired) electrons. The quantitative estimate of drug-likeness (QED) is 0.764. The van der Waals surface area contributed by atoms with Gasteiger partial charge in [-0.15, -0.1) is 23.4 Å². The second kappa shape index (κ2) is 5.92. The molecule has 0 amide bonds. The van der Waals surface area contributed by atoms with Crippen LogP contribution < -0.4 is 0 Å². The van der Waals surface area contributed by atoms with Crippen LogP contribution in [-0.4, -0.2) is 15.9 Å². The van der Waals surface area contributed by atoms with Crippen LogP contribution in [0.25, 0.3) is 0 Å². The molecule has 0 aliphatic carbocycles. The highest BCUT2D eigenvalue weighted by molar-refractivity contribution is 7.99. The van der Waals surface area contributed by atoms with Crippen molar-refractivity contribution in [3.05, 3.63) is 11.7 Å². The first-order valence-electron chi connectivity index (χ1n) is 5.90. The molecule has 0 aromatic carbocycles. The first-order chi connectivity index (χ1) is 7.81. The average Bonchev–Trinajstić information content (AvgIpc) is 2.80. The molecule has 5 heteroatoms. The van der Waals surface area contributed by atoms with Gasteiger partial charge in [0, 0.05) is 0 Å². The van der Waals surface area contributed by atoms with Crippen molar-refractivity contribution >= 4 is 23.4 Å². The normalized spacial score (nSPS) is 23.2. The van der Waals surface area contributed by atoms with E-state index in [1.165, 1.54) is 18.6 Å². The largest absolute Gasteiger partial charge is 0.338 e. The van der Waals surface area contributed by atoms with Gasteiger partial charge in [0.1, 0.15) is 0 Å². The Labute approximate surface area is 105 Å². The lowest BCUT2D eigenvalue weighted by molar-refractivity contribution is 0.364. The number of rotatable bonds is 4. The first kappa shape index (κ1) is 12.2. The third kappa shape index (κ3) is 2.92. The maximum Gasteiger partial charge on any atom is 0.239 e. The van der Waals surface area contributed by atoms with Gasteiger partial charge in [-0.25, -0.2) is 0 Å². The molecule has 2 unspecified atom stereocenters. The van der Waals surface area contributed by atoms with Crippen LogP contribution in [0, 0.1) is 0 Å². The van der Waals surface area contributed by atoms with Gasteiger partial charge in [0.05, 0.1) is 10.6 Å². The SMILES string of the molecule is CCCC(Cl)c1noc(C2CCCCS2)n1. The molecule has 0 N–H and O–H groups in total. The van der Waals surface area contributed by atoms with Crippen LogP contribution in [0.3, 0.4) is 0 Å². The third-order valence-electron chi connectivity index (χ3n) is 2.73. The number of halogens is 1. The van der Waals surface area contributed by atoms with E-state index in [0.29, 0.717) is 11.1 Å². The molecule has 2 rings (SSSR count). The van der Waals surface area contributed by atoms with Gasteiger partial charge in [-0.3, -0.25) is 0 Å². The zero-order chi connectivity index (χ0) is 11.4. The lowest BCUT2D eigenvalue weighted by Gasteiger charge is -2.16. The van der Waals surface area contributed by atoms with Gasteiger partial charge in [0.25, 0.3) is 0 Å². The molecule has 1 fully saturated rings. The predicted octanol–water partition coefficient (Wildman–Crippen LogP) is 4.11. The average molecular weight is 261 g/mol. The summed E-state index contributed by atoms with van der Waals surface area (Å²) >= 11 is 8.08. The molecule has 1 aromatic rings. The van der Waals surface area contributed by atoms with Crippen molar-refractivity contribution < 1.29 is 4.52 Å². The summed E-state index contributed by atoms with van der Waals surface area (Å²) in [5.74, 6) is 2.62. The Morgan fingerprint density at radius 1 is 1.56 bits per heavy atom. The minimum Gasteiger partial charge on any atom is -0.338 e. The molecule has 90 valence electrons. The lowest BCUT2D eigenvalue weighted by Crippen LogP contribution is -2.02. The van der Waals surface area contributed by atoms with Gasteiger partial charge in [-0.05, 0) is 25.0 Å². The fourth-order valence-electron chi connectivity index (χ4n) is 1.82. The molecular formula is C11H17ClN2OS. The lowest BCUT2D eigenvalue weighted by atomic mass is 10.2. The first-order valence-corrected chi connectivity index (χ1v) is 7.39. The minimum atomic E-state index is -0.101. The van der Waals surface area contributed by atoms with E-state index in [2.05, 4.69) is 17.1 Å². The highest BCUT2D eigenvalue weighted by atomic mass is 35.5. The van der Waals surface area contributed by atoms with Crippen molar-refractivity contribution in [1.29, 1.82) is 0 Å². The summed E-state index contributed by atoms with van der Waals surface area (Å²) < 4.78 is 5.31. The molecule has 0 saturated carbocycles. The molecule has 1 aliphatic heterocycles. The summed E-state index contributed by atoms with van der Waals surface area (Å²) in [4.78, 5) is 4.42. The molecular weight excluding hydrogens is 244 g/mol. The molecule has 1 aliphatic rings. The van der Waals surface area contributed by atoms with E-state index in [-0.39, 0.29) is 5.38 Å². The molecule has 16 heavy (non-hydrogen) atoms. The van der Waals surface area contributed by atoms with E-state index in [9.17, 15) is 0 Å². The van der Waals surface area contributed by atoms with Crippen LogP contribution in [0.1, 0.15) is 61.4 Å². The molecule has 1 saturated heterocycles. The Kier molecular flexibility index (Phi) is 4.53. The monoisotopic (exact) mass is 260 g/mol. The zero-order valence-electron chi connectivity index (χ0n) is 9.49. The summed E-state index contributed by atoms with van der Waals surface area (Å²) in [6.07, 6.45) is 5.65. The molecule has 2 heterocycles. The summed E-state index contributed by atoms with van der Waals surface area (Å²) in [7, 11) is 0. The van der Waals surface area contributed by atoms with Crippen molar-refractivity contribution in [2.45, 2.75) is 49.7 Å². The van der Waals surface area contributed by atoms with Gasteiger partial charge in [-0.2, -0.15) is 4.98 Å². The Hall–Kier alpha value is -0.220. The van der Waals surface area contributed by atoms with Crippen LogP contribution in [-0.2, 0) is 0 Å². The number of alkyl halides is 1. The van der Waals surface area contributed by atoms with Crippen molar-refractivity contribution in [2.24, 2.45) is 0 Å². The molecule has 2 atom stereocenters. The predicted molar refractivity (Wildman–Crippen MR) is 66.9 cm³/mol. The molecule has 1 aromatic heterocycles. The summed E-state index contributed by atoms with van der Waals surface area (Å²) in [6.45, 7) is 2.10. The zero-order valence-corrected chi connectivity index (χ0v) is 11.1. The smallest absolute Gasteiger partial charge is 0.239 e. The fraction of sp³-hybridized carbons (Fsp3) is 0.818. The van der Waals surface area contributed by atoms with Crippen LogP contribution in [0.4, 0.5) is 0 Å². The Bertz CT molecular complexity index is 326.